The van der Waals surface area contributed by atoms with Gasteiger partial charge in [-0.2, -0.15) is 0 Å². The van der Waals surface area contributed by atoms with Crippen molar-refractivity contribution in [3.05, 3.63) is 63.3 Å². The lowest BCUT2D eigenvalue weighted by Crippen LogP contribution is -2.12. The number of anilines is 1. The molecular weight excluding hydrogens is 321 g/mol. The summed E-state index contributed by atoms with van der Waals surface area (Å²) in [5.41, 5.74) is 0.945. The van der Waals surface area contributed by atoms with Gasteiger partial charge in [0, 0.05) is 15.2 Å². The van der Waals surface area contributed by atoms with Crippen LogP contribution in [-0.4, -0.2) is 5.91 Å². The molecule has 0 saturated carbocycles. The molecule has 5 heteroatoms. The molecule has 0 spiro atoms. The van der Waals surface area contributed by atoms with Crippen molar-refractivity contribution in [1.82, 2.24) is 0 Å². The first kappa shape index (κ1) is 13.1. The van der Waals surface area contributed by atoms with Crippen LogP contribution in [0.4, 0.5) is 10.1 Å². The molecule has 0 bridgehead atoms. The van der Waals surface area contributed by atoms with E-state index in [9.17, 15) is 9.18 Å². The lowest BCUT2D eigenvalue weighted by atomic mass is 10.2. The maximum Gasteiger partial charge on any atom is 0.256 e. The number of amides is 1. The first-order valence-electron chi connectivity index (χ1n) is 5.08. The monoisotopic (exact) mass is 327 g/mol. The van der Waals surface area contributed by atoms with E-state index >= 15 is 0 Å². The minimum Gasteiger partial charge on any atom is -0.322 e. The summed E-state index contributed by atoms with van der Waals surface area (Å²) in [6, 6.07) is 10.7. The SMILES string of the molecule is O=C(Nc1cccc(Cl)c1)c1ccc(F)cc1Br. The normalized spacial score (nSPS) is 10.2. The van der Waals surface area contributed by atoms with Crippen molar-refractivity contribution in [1.29, 1.82) is 0 Å². The van der Waals surface area contributed by atoms with Crippen molar-refractivity contribution < 1.29 is 9.18 Å². The molecule has 0 aliphatic carbocycles. The van der Waals surface area contributed by atoms with Gasteiger partial charge in [-0.05, 0) is 52.3 Å². The molecule has 18 heavy (non-hydrogen) atoms. The van der Waals surface area contributed by atoms with Crippen molar-refractivity contribution >= 4 is 39.1 Å². The number of hydrogen-bond acceptors (Lipinski definition) is 1. The largest absolute Gasteiger partial charge is 0.322 e. The van der Waals surface area contributed by atoms with E-state index in [0.717, 1.165) is 0 Å². The fourth-order valence-corrected chi connectivity index (χ4v) is 2.16. The summed E-state index contributed by atoms with van der Waals surface area (Å²) in [6.07, 6.45) is 0. The van der Waals surface area contributed by atoms with Gasteiger partial charge in [0.05, 0.1) is 5.56 Å². The Kier molecular flexibility index (Phi) is 3.99. The Labute approximate surface area is 117 Å². The highest BCUT2D eigenvalue weighted by atomic mass is 79.9. The summed E-state index contributed by atoms with van der Waals surface area (Å²) < 4.78 is 13.3. The number of carbonyl (C=O) groups excluding carboxylic acids is 1. The second kappa shape index (κ2) is 5.50. The zero-order valence-corrected chi connectivity index (χ0v) is 11.4. The van der Waals surface area contributed by atoms with Crippen LogP contribution in [-0.2, 0) is 0 Å². The first-order valence-corrected chi connectivity index (χ1v) is 6.25. The van der Waals surface area contributed by atoms with Crippen LogP contribution in [0.3, 0.4) is 0 Å². The average Bonchev–Trinajstić information content (AvgIpc) is 2.28. The van der Waals surface area contributed by atoms with Crippen molar-refractivity contribution in [3.8, 4) is 0 Å². The first-order chi connectivity index (χ1) is 8.56. The van der Waals surface area contributed by atoms with Gasteiger partial charge in [0.1, 0.15) is 5.82 Å². The van der Waals surface area contributed by atoms with Crippen LogP contribution < -0.4 is 5.32 Å². The van der Waals surface area contributed by atoms with Gasteiger partial charge in [0.25, 0.3) is 5.91 Å². The number of carbonyl (C=O) groups is 1. The van der Waals surface area contributed by atoms with Crippen molar-refractivity contribution in [3.63, 3.8) is 0 Å². The lowest BCUT2D eigenvalue weighted by Gasteiger charge is -2.07. The van der Waals surface area contributed by atoms with Crippen LogP contribution in [0.2, 0.25) is 5.02 Å². The predicted molar refractivity (Wildman–Crippen MR) is 73.5 cm³/mol. The minimum atomic E-state index is -0.402. The quantitative estimate of drug-likeness (QED) is 0.864. The molecule has 2 aromatic carbocycles. The standard InChI is InChI=1S/C13H8BrClFNO/c14-12-7-9(16)4-5-11(12)13(18)17-10-3-1-2-8(15)6-10/h1-7H,(H,17,18). The Hall–Kier alpha value is -1.39. The van der Waals surface area contributed by atoms with Crippen LogP contribution in [0.5, 0.6) is 0 Å². The molecule has 0 aliphatic rings. The number of benzene rings is 2. The van der Waals surface area contributed by atoms with E-state index in [1.54, 1.807) is 24.3 Å². The Morgan fingerprint density at radius 1 is 1.22 bits per heavy atom. The molecule has 1 N–H and O–H groups in total. The molecular formula is C13H8BrClFNO. The van der Waals surface area contributed by atoms with Gasteiger partial charge in [0.2, 0.25) is 0 Å². The van der Waals surface area contributed by atoms with Crippen LogP contribution >= 0.6 is 27.5 Å². The van der Waals surface area contributed by atoms with Gasteiger partial charge in [-0.1, -0.05) is 17.7 Å². The molecule has 0 aromatic heterocycles. The molecule has 2 nitrogen and oxygen atoms in total. The van der Waals surface area contributed by atoms with Gasteiger partial charge in [-0.3, -0.25) is 4.79 Å². The number of nitrogens with one attached hydrogen (secondary N) is 1. The molecule has 0 radical (unpaired) electrons. The van der Waals surface area contributed by atoms with Gasteiger partial charge in [-0.15, -0.1) is 0 Å². The van der Waals surface area contributed by atoms with Crippen LogP contribution in [0.1, 0.15) is 10.4 Å². The maximum absolute atomic E-state index is 12.9. The zero-order valence-electron chi connectivity index (χ0n) is 9.08. The zero-order chi connectivity index (χ0) is 13.1. The molecule has 0 atom stereocenters. The topological polar surface area (TPSA) is 29.1 Å². The molecule has 2 rings (SSSR count). The highest BCUT2D eigenvalue weighted by Crippen LogP contribution is 2.20. The van der Waals surface area contributed by atoms with Gasteiger partial charge in [-0.25, -0.2) is 4.39 Å². The molecule has 2 aromatic rings. The third-order valence-electron chi connectivity index (χ3n) is 2.26. The third kappa shape index (κ3) is 3.09. The van der Waals surface area contributed by atoms with Crippen molar-refractivity contribution in [2.75, 3.05) is 5.32 Å². The van der Waals surface area contributed by atoms with Crippen LogP contribution in [0, 0.1) is 5.82 Å². The Balaban J connectivity index is 2.22. The van der Waals surface area contributed by atoms with E-state index in [4.69, 9.17) is 11.6 Å². The van der Waals surface area contributed by atoms with E-state index in [-0.39, 0.29) is 5.91 Å². The van der Waals surface area contributed by atoms with E-state index in [1.165, 1.54) is 18.2 Å². The Morgan fingerprint density at radius 3 is 2.67 bits per heavy atom. The highest BCUT2D eigenvalue weighted by Gasteiger charge is 2.11. The van der Waals surface area contributed by atoms with Gasteiger partial charge >= 0.3 is 0 Å². The fraction of sp³-hybridized carbons (Fsp3) is 0. The van der Waals surface area contributed by atoms with Crippen LogP contribution in [0.25, 0.3) is 0 Å². The minimum absolute atomic E-state index is 0.329. The Morgan fingerprint density at radius 2 is 2.00 bits per heavy atom. The highest BCUT2D eigenvalue weighted by molar-refractivity contribution is 9.10. The molecule has 92 valence electrons. The second-order valence-electron chi connectivity index (χ2n) is 3.59. The Bertz CT molecular complexity index is 603. The summed E-state index contributed by atoms with van der Waals surface area (Å²) in [4.78, 5) is 12.0. The van der Waals surface area contributed by atoms with Crippen molar-refractivity contribution in [2.24, 2.45) is 0 Å². The van der Waals surface area contributed by atoms with Crippen molar-refractivity contribution in [2.45, 2.75) is 0 Å². The van der Waals surface area contributed by atoms with E-state index < -0.39 is 5.82 Å². The smallest absolute Gasteiger partial charge is 0.256 e. The number of rotatable bonds is 2. The molecule has 0 unspecified atom stereocenters. The average molecular weight is 329 g/mol. The van der Waals surface area contributed by atoms with E-state index in [0.29, 0.717) is 20.7 Å². The molecule has 0 heterocycles. The summed E-state index contributed by atoms with van der Waals surface area (Å²) in [7, 11) is 0. The van der Waals surface area contributed by atoms with Gasteiger partial charge < -0.3 is 5.32 Å². The maximum atomic E-state index is 12.9. The fourth-order valence-electron chi connectivity index (χ4n) is 1.44. The molecule has 0 saturated heterocycles. The summed E-state index contributed by atoms with van der Waals surface area (Å²) in [6.45, 7) is 0. The second-order valence-corrected chi connectivity index (χ2v) is 4.88. The van der Waals surface area contributed by atoms with Gasteiger partial charge in [0.15, 0.2) is 0 Å². The molecule has 0 fully saturated rings. The molecule has 1 amide bonds. The predicted octanol–water partition coefficient (Wildman–Crippen LogP) is 4.49. The van der Waals surface area contributed by atoms with E-state index in [1.807, 2.05) is 0 Å². The third-order valence-corrected chi connectivity index (χ3v) is 3.15. The summed E-state index contributed by atoms with van der Waals surface area (Å²) in [5, 5.41) is 3.22. The number of hydrogen-bond donors (Lipinski definition) is 1. The van der Waals surface area contributed by atoms with Crippen LogP contribution in [0.15, 0.2) is 46.9 Å². The number of halogens is 3. The molecule has 0 aliphatic heterocycles. The van der Waals surface area contributed by atoms with E-state index in [2.05, 4.69) is 21.2 Å². The lowest BCUT2D eigenvalue weighted by molar-refractivity contribution is 0.102. The summed E-state index contributed by atoms with van der Waals surface area (Å²) in [5.74, 6) is -0.731. The summed E-state index contributed by atoms with van der Waals surface area (Å²) >= 11 is 8.96.